The number of rotatable bonds is 8. The average Bonchev–Trinajstić information content (AvgIpc) is 2.23. The summed E-state index contributed by atoms with van der Waals surface area (Å²) in [6, 6.07) is -0.0786. The second kappa shape index (κ2) is 8.31. The van der Waals surface area contributed by atoms with Crippen LogP contribution in [0.5, 0.6) is 0 Å². The molecule has 0 saturated heterocycles. The lowest BCUT2D eigenvalue weighted by Gasteiger charge is -2.23. The van der Waals surface area contributed by atoms with Gasteiger partial charge < -0.3 is 15.5 Å². The Bertz CT molecular complexity index is 242. The fourth-order valence-corrected chi connectivity index (χ4v) is 1.56. The highest BCUT2D eigenvalue weighted by Gasteiger charge is 2.26. The summed E-state index contributed by atoms with van der Waals surface area (Å²) in [5.74, 6) is -0.418. The van der Waals surface area contributed by atoms with E-state index in [9.17, 15) is 18.0 Å². The summed E-state index contributed by atoms with van der Waals surface area (Å²) in [7, 11) is 0. The number of likely N-dealkylation sites (N-methyl/N-ethyl adjacent to an activating group) is 1. The van der Waals surface area contributed by atoms with Crippen molar-refractivity contribution in [3.8, 4) is 0 Å². The van der Waals surface area contributed by atoms with Crippen molar-refractivity contribution < 1.29 is 18.0 Å². The number of amides is 1. The summed E-state index contributed by atoms with van der Waals surface area (Å²) in [6.45, 7) is 6.85. The van der Waals surface area contributed by atoms with Crippen LogP contribution in [0.15, 0.2) is 0 Å². The lowest BCUT2D eigenvalue weighted by molar-refractivity contribution is -0.128. The molecule has 108 valence electrons. The molecule has 0 aliphatic heterocycles. The quantitative estimate of drug-likeness (QED) is 0.690. The molecule has 0 saturated carbocycles. The maximum absolute atomic E-state index is 11.8. The van der Waals surface area contributed by atoms with E-state index in [1.165, 1.54) is 0 Å². The molecule has 0 radical (unpaired) electrons. The van der Waals surface area contributed by atoms with Crippen molar-refractivity contribution in [2.75, 3.05) is 32.7 Å². The first-order valence-corrected chi connectivity index (χ1v) is 6.07. The molecule has 0 aliphatic rings. The summed E-state index contributed by atoms with van der Waals surface area (Å²) in [5, 5.41) is 4.72. The predicted molar refractivity (Wildman–Crippen MR) is 64.3 cm³/mol. The van der Waals surface area contributed by atoms with Crippen molar-refractivity contribution in [2.24, 2.45) is 0 Å². The second-order valence-electron chi connectivity index (χ2n) is 4.17. The third-order valence-electron chi connectivity index (χ3n) is 2.44. The van der Waals surface area contributed by atoms with Crippen LogP contribution in [-0.2, 0) is 4.79 Å². The average molecular weight is 269 g/mol. The molecule has 1 atom stereocenters. The van der Waals surface area contributed by atoms with E-state index in [4.69, 9.17) is 0 Å². The Hall–Kier alpha value is -0.820. The minimum Gasteiger partial charge on any atom is -0.351 e. The predicted octanol–water partition coefficient (Wildman–Crippen LogP) is 0.985. The highest BCUT2D eigenvalue weighted by atomic mass is 19.4. The van der Waals surface area contributed by atoms with Gasteiger partial charge in [0.15, 0.2) is 0 Å². The Morgan fingerprint density at radius 2 is 1.83 bits per heavy atom. The zero-order valence-electron chi connectivity index (χ0n) is 11.1. The van der Waals surface area contributed by atoms with Gasteiger partial charge in [-0.05, 0) is 20.0 Å². The molecule has 0 heterocycles. The molecule has 4 nitrogen and oxygen atoms in total. The van der Waals surface area contributed by atoms with Crippen molar-refractivity contribution in [2.45, 2.75) is 33.0 Å². The van der Waals surface area contributed by atoms with Gasteiger partial charge in [0.1, 0.15) is 0 Å². The van der Waals surface area contributed by atoms with Crippen LogP contribution in [0.1, 0.15) is 20.8 Å². The molecule has 7 heteroatoms. The first-order valence-electron chi connectivity index (χ1n) is 6.07. The molecule has 2 N–H and O–H groups in total. The van der Waals surface area contributed by atoms with Crippen molar-refractivity contribution >= 4 is 5.91 Å². The zero-order chi connectivity index (χ0) is 14.2. The molecule has 0 rings (SSSR count). The van der Waals surface area contributed by atoms with Gasteiger partial charge in [-0.15, -0.1) is 0 Å². The number of alkyl halides is 3. The summed E-state index contributed by atoms with van der Waals surface area (Å²) < 4.78 is 35.5. The minimum atomic E-state index is -4.28. The Kier molecular flexibility index (Phi) is 7.93. The highest BCUT2D eigenvalue weighted by molar-refractivity contribution is 5.78. The van der Waals surface area contributed by atoms with E-state index >= 15 is 0 Å². The Morgan fingerprint density at radius 1 is 1.28 bits per heavy atom. The number of halogens is 3. The normalized spacial score (nSPS) is 13.7. The summed E-state index contributed by atoms with van der Waals surface area (Å²) in [5.41, 5.74) is 0. The van der Waals surface area contributed by atoms with Gasteiger partial charge in [0.25, 0.3) is 0 Å². The second-order valence-corrected chi connectivity index (χ2v) is 4.17. The molecule has 0 aromatic rings. The number of carbonyl (C=O) groups is 1. The van der Waals surface area contributed by atoms with Gasteiger partial charge in [0.2, 0.25) is 5.91 Å². The number of hydrogen-bond acceptors (Lipinski definition) is 3. The van der Waals surface area contributed by atoms with Gasteiger partial charge in [-0.25, -0.2) is 0 Å². The lowest BCUT2D eigenvalue weighted by atomic mass is 10.3. The largest absolute Gasteiger partial charge is 0.401 e. The van der Waals surface area contributed by atoms with Gasteiger partial charge in [0, 0.05) is 12.6 Å². The van der Waals surface area contributed by atoms with Crippen LogP contribution >= 0.6 is 0 Å². The Morgan fingerprint density at radius 3 is 2.28 bits per heavy atom. The third-order valence-corrected chi connectivity index (χ3v) is 2.44. The first-order chi connectivity index (χ1) is 8.28. The van der Waals surface area contributed by atoms with Gasteiger partial charge in [-0.1, -0.05) is 13.8 Å². The topological polar surface area (TPSA) is 44.4 Å². The molecule has 1 unspecified atom stereocenters. The van der Waals surface area contributed by atoms with Crippen LogP contribution in [0.2, 0.25) is 0 Å². The van der Waals surface area contributed by atoms with Crippen LogP contribution in [0.4, 0.5) is 13.2 Å². The van der Waals surface area contributed by atoms with Crippen molar-refractivity contribution in [3.05, 3.63) is 0 Å². The van der Waals surface area contributed by atoms with Crippen molar-refractivity contribution in [1.82, 2.24) is 15.5 Å². The number of nitrogens with one attached hydrogen (secondary N) is 2. The smallest absolute Gasteiger partial charge is 0.351 e. The van der Waals surface area contributed by atoms with Crippen LogP contribution in [-0.4, -0.2) is 55.7 Å². The van der Waals surface area contributed by atoms with Crippen LogP contribution in [0, 0.1) is 0 Å². The maximum atomic E-state index is 11.8. The van der Waals surface area contributed by atoms with E-state index in [-0.39, 0.29) is 12.6 Å². The van der Waals surface area contributed by atoms with E-state index in [0.29, 0.717) is 6.54 Å². The number of nitrogens with zero attached hydrogens (tertiary/aromatic N) is 1. The fourth-order valence-electron chi connectivity index (χ4n) is 1.56. The minimum absolute atomic E-state index is 0.0786. The van der Waals surface area contributed by atoms with Gasteiger partial charge >= 0.3 is 6.18 Å². The van der Waals surface area contributed by atoms with E-state index in [1.54, 1.807) is 0 Å². The Labute approximate surface area is 106 Å². The van der Waals surface area contributed by atoms with E-state index in [2.05, 4.69) is 15.5 Å². The van der Waals surface area contributed by atoms with E-state index in [1.807, 2.05) is 20.8 Å². The molecule has 18 heavy (non-hydrogen) atoms. The van der Waals surface area contributed by atoms with E-state index < -0.39 is 18.6 Å². The molecular formula is C11H22F3N3O. The third kappa shape index (κ3) is 9.23. The molecule has 0 aromatic carbocycles. The van der Waals surface area contributed by atoms with Crippen molar-refractivity contribution in [1.29, 1.82) is 0 Å². The molecule has 0 bridgehead atoms. The summed E-state index contributed by atoms with van der Waals surface area (Å²) in [6.07, 6.45) is -4.28. The molecular weight excluding hydrogens is 247 g/mol. The standard InChI is InChI=1S/C11H22F3N3O/c1-4-17(5-2)7-9(3)16-10(18)6-15-8-11(12,13)14/h9,15H,4-8H2,1-3H3,(H,16,18). The molecule has 0 aliphatic carbocycles. The Balaban J connectivity index is 3.80. The van der Waals surface area contributed by atoms with Gasteiger partial charge in [-0.2, -0.15) is 13.2 Å². The molecule has 1 amide bonds. The van der Waals surface area contributed by atoms with Crippen molar-refractivity contribution in [3.63, 3.8) is 0 Å². The molecule has 0 fully saturated rings. The SMILES string of the molecule is CCN(CC)CC(C)NC(=O)CNCC(F)(F)F. The fraction of sp³-hybridized carbons (Fsp3) is 0.909. The molecule has 0 spiro atoms. The first kappa shape index (κ1) is 17.2. The van der Waals surface area contributed by atoms with Crippen LogP contribution < -0.4 is 10.6 Å². The molecule has 0 aromatic heterocycles. The highest BCUT2D eigenvalue weighted by Crippen LogP contribution is 2.11. The monoisotopic (exact) mass is 269 g/mol. The van der Waals surface area contributed by atoms with E-state index in [0.717, 1.165) is 13.1 Å². The number of hydrogen-bond donors (Lipinski definition) is 2. The van der Waals surface area contributed by atoms with Gasteiger partial charge in [-0.3, -0.25) is 4.79 Å². The van der Waals surface area contributed by atoms with Gasteiger partial charge in [0.05, 0.1) is 13.1 Å². The lowest BCUT2D eigenvalue weighted by Crippen LogP contribution is -2.45. The van der Waals surface area contributed by atoms with Crippen LogP contribution in [0.25, 0.3) is 0 Å². The summed E-state index contributed by atoms with van der Waals surface area (Å²) in [4.78, 5) is 13.5. The zero-order valence-corrected chi connectivity index (χ0v) is 11.1. The number of carbonyl (C=O) groups excluding carboxylic acids is 1. The maximum Gasteiger partial charge on any atom is 0.401 e. The summed E-state index contributed by atoms with van der Waals surface area (Å²) >= 11 is 0. The van der Waals surface area contributed by atoms with Crippen LogP contribution in [0.3, 0.4) is 0 Å².